The number of nitrogens with zero attached hydrogens (tertiary/aromatic N) is 3. The van der Waals surface area contributed by atoms with E-state index in [-0.39, 0.29) is 12.5 Å². The van der Waals surface area contributed by atoms with E-state index < -0.39 is 5.97 Å². The number of anilines is 2. The normalized spacial score (nSPS) is 11.0. The monoisotopic (exact) mass is 429 g/mol. The van der Waals surface area contributed by atoms with Crippen molar-refractivity contribution in [1.82, 2.24) is 19.9 Å². The minimum absolute atomic E-state index is 0.190. The first-order valence-electron chi connectivity index (χ1n) is 8.59. The van der Waals surface area contributed by atoms with Crippen molar-refractivity contribution < 1.29 is 14.3 Å². The number of carbonyl (C=O) groups excluding carboxylic acids is 2. The number of fused-ring (bicyclic) bond motifs is 2. The van der Waals surface area contributed by atoms with Crippen molar-refractivity contribution in [3.63, 3.8) is 0 Å². The fourth-order valence-electron chi connectivity index (χ4n) is 2.83. The molecule has 0 unspecified atom stereocenters. The Kier molecular flexibility index (Phi) is 5.08. The number of carbonyl (C=O) groups is 2. The van der Waals surface area contributed by atoms with Crippen molar-refractivity contribution >= 4 is 67.1 Å². The third-order valence-electron chi connectivity index (χ3n) is 4.33. The molecule has 2 heterocycles. The van der Waals surface area contributed by atoms with E-state index in [0.717, 1.165) is 15.7 Å². The van der Waals surface area contributed by atoms with E-state index >= 15 is 0 Å². The van der Waals surface area contributed by atoms with E-state index in [9.17, 15) is 9.59 Å². The lowest BCUT2D eigenvalue weighted by molar-refractivity contribution is -0.139. The molecule has 0 atom stereocenters. The first-order chi connectivity index (χ1) is 13.9. The van der Waals surface area contributed by atoms with Gasteiger partial charge in [0.1, 0.15) is 6.54 Å². The minimum atomic E-state index is -0.513. The number of esters is 1. The van der Waals surface area contributed by atoms with Crippen LogP contribution in [0.5, 0.6) is 0 Å². The number of nitrogens with one attached hydrogen (secondary N) is 2. The lowest BCUT2D eigenvalue weighted by atomic mass is 10.2. The largest absolute Gasteiger partial charge is 0.468 e. The number of halogens is 1. The molecule has 2 N–H and O–H groups in total. The van der Waals surface area contributed by atoms with Crippen LogP contribution >= 0.6 is 22.9 Å². The maximum Gasteiger partial charge on any atom is 0.325 e. The molecule has 0 radical (unpaired) electrons. The number of hydrogen-bond donors (Lipinski definition) is 2. The summed E-state index contributed by atoms with van der Waals surface area (Å²) in [5.41, 5.74) is 2.75. The average molecular weight is 430 g/mol. The van der Waals surface area contributed by atoms with Crippen LogP contribution in [-0.4, -0.2) is 40.1 Å². The highest BCUT2D eigenvalue weighted by Gasteiger charge is 2.14. The molecule has 2 aromatic carbocycles. The Labute approximate surface area is 174 Å². The Morgan fingerprint density at radius 2 is 2.00 bits per heavy atom. The molecule has 0 aliphatic carbocycles. The number of hydrogen-bond acceptors (Lipinski definition) is 7. The van der Waals surface area contributed by atoms with E-state index in [2.05, 4.69) is 25.3 Å². The van der Waals surface area contributed by atoms with Gasteiger partial charge in [-0.1, -0.05) is 22.9 Å². The standard InChI is InChI=1S/C19H16ClN5O3S/c1-25-14-6-3-10(17(27)21-9-16(26)28-2)7-13(14)22-18(25)24-19-23-12-5-4-11(20)8-15(12)29-19/h3-8H,9H2,1-2H3,(H,21,27)(H,22,23,24). The predicted molar refractivity (Wildman–Crippen MR) is 113 cm³/mol. The Balaban J connectivity index is 1.59. The van der Waals surface area contributed by atoms with E-state index in [4.69, 9.17) is 11.6 Å². The zero-order chi connectivity index (χ0) is 20.5. The third-order valence-corrected chi connectivity index (χ3v) is 5.50. The van der Waals surface area contributed by atoms with Gasteiger partial charge in [-0.3, -0.25) is 9.59 Å². The third kappa shape index (κ3) is 3.87. The van der Waals surface area contributed by atoms with E-state index in [1.54, 1.807) is 24.3 Å². The van der Waals surface area contributed by atoms with Gasteiger partial charge in [0.25, 0.3) is 5.91 Å². The van der Waals surface area contributed by atoms with Crippen molar-refractivity contribution in [2.75, 3.05) is 19.0 Å². The molecule has 0 spiro atoms. The van der Waals surface area contributed by atoms with Gasteiger partial charge in [-0.25, -0.2) is 9.97 Å². The van der Waals surface area contributed by atoms with E-state index in [0.29, 0.717) is 27.2 Å². The van der Waals surface area contributed by atoms with Crippen LogP contribution in [0.4, 0.5) is 11.1 Å². The first kappa shape index (κ1) is 19.2. The Bertz CT molecular complexity index is 1250. The number of imidazole rings is 1. The number of amides is 1. The second kappa shape index (κ2) is 7.69. The molecule has 29 heavy (non-hydrogen) atoms. The highest BCUT2D eigenvalue weighted by atomic mass is 35.5. The number of aromatic nitrogens is 3. The molecule has 1 amide bonds. The van der Waals surface area contributed by atoms with Crippen molar-refractivity contribution in [2.24, 2.45) is 7.05 Å². The van der Waals surface area contributed by atoms with Gasteiger partial charge in [-0.15, -0.1) is 0 Å². The van der Waals surface area contributed by atoms with Gasteiger partial charge >= 0.3 is 5.97 Å². The van der Waals surface area contributed by atoms with Crippen LogP contribution in [0.3, 0.4) is 0 Å². The molecule has 2 aromatic heterocycles. The van der Waals surface area contributed by atoms with Crippen LogP contribution in [-0.2, 0) is 16.6 Å². The van der Waals surface area contributed by atoms with Crippen LogP contribution in [0, 0.1) is 0 Å². The van der Waals surface area contributed by atoms with Crippen LogP contribution in [0.1, 0.15) is 10.4 Å². The van der Waals surface area contributed by atoms with Gasteiger partial charge < -0.3 is 19.9 Å². The van der Waals surface area contributed by atoms with Gasteiger partial charge in [0, 0.05) is 17.6 Å². The molecule has 0 saturated heterocycles. The van der Waals surface area contributed by atoms with Gasteiger partial charge in [0.2, 0.25) is 5.95 Å². The smallest absolute Gasteiger partial charge is 0.325 e. The maximum absolute atomic E-state index is 12.2. The van der Waals surface area contributed by atoms with Crippen LogP contribution < -0.4 is 10.6 Å². The number of rotatable bonds is 5. The topological polar surface area (TPSA) is 98.1 Å². The first-order valence-corrected chi connectivity index (χ1v) is 9.78. The Morgan fingerprint density at radius 3 is 2.79 bits per heavy atom. The SMILES string of the molecule is COC(=O)CNC(=O)c1ccc2c(c1)nc(Nc1nc3ccc(Cl)cc3s1)n2C. The van der Waals surface area contributed by atoms with Crippen LogP contribution in [0.2, 0.25) is 5.02 Å². The maximum atomic E-state index is 12.2. The minimum Gasteiger partial charge on any atom is -0.468 e. The van der Waals surface area contributed by atoms with Gasteiger partial charge in [-0.05, 0) is 36.4 Å². The molecule has 0 aliphatic heterocycles. The lowest BCUT2D eigenvalue weighted by Gasteiger charge is -2.04. The van der Waals surface area contributed by atoms with Gasteiger partial charge in [0.05, 0.1) is 28.4 Å². The molecule has 0 aliphatic rings. The number of thiazole rings is 1. The molecule has 10 heteroatoms. The van der Waals surface area contributed by atoms with Crippen molar-refractivity contribution in [3.05, 3.63) is 47.0 Å². The highest BCUT2D eigenvalue weighted by molar-refractivity contribution is 7.22. The fourth-order valence-corrected chi connectivity index (χ4v) is 3.96. The van der Waals surface area contributed by atoms with E-state index in [1.165, 1.54) is 18.4 Å². The van der Waals surface area contributed by atoms with Gasteiger partial charge in [-0.2, -0.15) is 0 Å². The molecule has 8 nitrogen and oxygen atoms in total. The predicted octanol–water partition coefficient (Wildman–Crippen LogP) is 3.48. The van der Waals surface area contributed by atoms with Crippen molar-refractivity contribution in [3.8, 4) is 0 Å². The summed E-state index contributed by atoms with van der Waals surface area (Å²) in [6.45, 7) is -0.190. The van der Waals surface area contributed by atoms with Crippen LogP contribution in [0.15, 0.2) is 36.4 Å². The lowest BCUT2D eigenvalue weighted by Crippen LogP contribution is -2.30. The molecule has 148 valence electrons. The Morgan fingerprint density at radius 1 is 1.17 bits per heavy atom. The molecular weight excluding hydrogens is 414 g/mol. The summed E-state index contributed by atoms with van der Waals surface area (Å²) in [5.74, 6) is -0.293. The highest BCUT2D eigenvalue weighted by Crippen LogP contribution is 2.30. The average Bonchev–Trinajstić information content (AvgIpc) is 3.25. The van der Waals surface area contributed by atoms with Crippen LogP contribution in [0.25, 0.3) is 21.3 Å². The summed E-state index contributed by atoms with van der Waals surface area (Å²) in [4.78, 5) is 32.5. The van der Waals surface area contributed by atoms with E-state index in [1.807, 2.05) is 23.7 Å². The molecule has 0 saturated carbocycles. The number of benzene rings is 2. The quantitative estimate of drug-likeness (QED) is 0.471. The zero-order valence-electron chi connectivity index (χ0n) is 15.5. The fraction of sp³-hybridized carbons (Fsp3) is 0.158. The second-order valence-corrected chi connectivity index (χ2v) is 7.68. The molecular formula is C19H16ClN5O3S. The molecule has 4 rings (SSSR count). The summed E-state index contributed by atoms with van der Waals surface area (Å²) in [5, 5.41) is 7.09. The number of aryl methyl sites for hydroxylation is 1. The second-order valence-electron chi connectivity index (χ2n) is 6.21. The van der Waals surface area contributed by atoms with Crippen molar-refractivity contribution in [2.45, 2.75) is 0 Å². The zero-order valence-corrected chi connectivity index (χ0v) is 17.1. The summed E-state index contributed by atoms with van der Waals surface area (Å²) in [6.07, 6.45) is 0. The summed E-state index contributed by atoms with van der Waals surface area (Å²) < 4.78 is 7.38. The Hall–Kier alpha value is -3.17. The number of ether oxygens (including phenoxy) is 1. The molecule has 0 fully saturated rings. The summed E-state index contributed by atoms with van der Waals surface area (Å²) in [6, 6.07) is 10.7. The van der Waals surface area contributed by atoms with Gasteiger partial charge in [0.15, 0.2) is 5.13 Å². The number of methoxy groups -OCH3 is 1. The molecule has 0 bridgehead atoms. The van der Waals surface area contributed by atoms with Crippen molar-refractivity contribution in [1.29, 1.82) is 0 Å². The summed E-state index contributed by atoms with van der Waals surface area (Å²) >= 11 is 7.52. The summed E-state index contributed by atoms with van der Waals surface area (Å²) in [7, 11) is 3.14. The molecule has 4 aromatic rings.